The van der Waals surface area contributed by atoms with Gasteiger partial charge < -0.3 is 15.7 Å². The number of thiazole rings is 1. The van der Waals surface area contributed by atoms with Crippen molar-refractivity contribution >= 4 is 17.4 Å². The number of nitrogens with zero attached hydrogens (tertiary/aromatic N) is 1. The molecule has 0 atom stereocenters. The summed E-state index contributed by atoms with van der Waals surface area (Å²) in [7, 11) is 0. The van der Waals surface area contributed by atoms with Gasteiger partial charge in [-0.15, -0.1) is 11.3 Å². The predicted molar refractivity (Wildman–Crippen MR) is 80.1 cm³/mol. The van der Waals surface area contributed by atoms with E-state index in [9.17, 15) is 4.79 Å². The van der Waals surface area contributed by atoms with Gasteiger partial charge in [-0.2, -0.15) is 0 Å². The smallest absolute Gasteiger partial charge is 0.314 e. The summed E-state index contributed by atoms with van der Waals surface area (Å²) in [5.74, 6) is 0. The fraction of sp³-hybridized carbons (Fsp3) is 0.714. The number of carbonyl (C=O) groups is 1. The highest BCUT2D eigenvalue weighted by molar-refractivity contribution is 7.11. The van der Waals surface area contributed by atoms with Crippen LogP contribution in [-0.4, -0.2) is 35.8 Å². The highest BCUT2D eigenvalue weighted by Gasteiger charge is 2.42. The van der Waals surface area contributed by atoms with Crippen molar-refractivity contribution in [1.82, 2.24) is 15.6 Å². The third kappa shape index (κ3) is 3.93. The molecule has 0 unspecified atom stereocenters. The second-order valence-corrected chi connectivity index (χ2v) is 6.77. The number of carbonyl (C=O) groups excluding carboxylic acids is 1. The van der Waals surface area contributed by atoms with Crippen LogP contribution in [0.5, 0.6) is 0 Å². The van der Waals surface area contributed by atoms with Crippen LogP contribution in [0.15, 0.2) is 0 Å². The molecule has 0 bridgehead atoms. The first-order valence-electron chi connectivity index (χ1n) is 7.16. The summed E-state index contributed by atoms with van der Waals surface area (Å²) >= 11 is 1.71. The fourth-order valence-corrected chi connectivity index (χ4v) is 3.12. The number of hydrogen-bond acceptors (Lipinski definition) is 4. The maximum Gasteiger partial charge on any atom is 0.314 e. The topological polar surface area (TPSA) is 74.2 Å². The molecule has 112 valence electrons. The van der Waals surface area contributed by atoms with Crippen LogP contribution >= 0.6 is 11.3 Å². The average Bonchev–Trinajstić information content (AvgIpc) is 3.14. The predicted octanol–water partition coefficient (Wildman–Crippen LogP) is 1.63. The van der Waals surface area contributed by atoms with Crippen LogP contribution in [0.4, 0.5) is 4.79 Å². The Balaban J connectivity index is 1.66. The number of amides is 2. The number of aliphatic hydroxyl groups excluding tert-OH is 1. The second kappa shape index (κ2) is 6.54. The van der Waals surface area contributed by atoms with Crippen molar-refractivity contribution in [2.24, 2.45) is 5.41 Å². The molecule has 5 nitrogen and oxygen atoms in total. The van der Waals surface area contributed by atoms with Gasteiger partial charge >= 0.3 is 6.03 Å². The molecule has 1 heterocycles. The number of rotatable bonds is 7. The van der Waals surface area contributed by atoms with Gasteiger partial charge in [0.05, 0.1) is 17.3 Å². The molecule has 1 aromatic rings. The molecule has 1 aliphatic rings. The van der Waals surface area contributed by atoms with Crippen molar-refractivity contribution in [2.45, 2.75) is 39.5 Å². The molecule has 2 rings (SSSR count). The molecule has 0 aromatic carbocycles. The zero-order chi connectivity index (χ0) is 14.6. The zero-order valence-corrected chi connectivity index (χ0v) is 13.0. The van der Waals surface area contributed by atoms with Gasteiger partial charge in [0, 0.05) is 29.8 Å². The minimum atomic E-state index is -0.159. The highest BCUT2D eigenvalue weighted by Crippen LogP contribution is 2.44. The summed E-state index contributed by atoms with van der Waals surface area (Å²) in [6.07, 6.45) is 3.73. The third-order valence-corrected chi connectivity index (χ3v) is 4.89. The van der Waals surface area contributed by atoms with E-state index in [1.165, 1.54) is 4.88 Å². The summed E-state index contributed by atoms with van der Waals surface area (Å²) in [4.78, 5) is 17.4. The molecule has 20 heavy (non-hydrogen) atoms. The number of urea groups is 1. The monoisotopic (exact) mass is 297 g/mol. The quantitative estimate of drug-likeness (QED) is 0.716. The van der Waals surface area contributed by atoms with E-state index < -0.39 is 0 Å². The van der Waals surface area contributed by atoms with Crippen LogP contribution in [-0.2, 0) is 12.8 Å². The summed E-state index contributed by atoms with van der Waals surface area (Å²) in [5, 5.41) is 15.9. The Morgan fingerprint density at radius 2 is 2.20 bits per heavy atom. The molecular formula is C14H23N3O2S. The van der Waals surface area contributed by atoms with Gasteiger partial charge in [-0.1, -0.05) is 6.92 Å². The van der Waals surface area contributed by atoms with Crippen LogP contribution in [0.25, 0.3) is 0 Å². The minimum Gasteiger partial charge on any atom is -0.396 e. The van der Waals surface area contributed by atoms with Crippen molar-refractivity contribution in [3.63, 3.8) is 0 Å². The van der Waals surface area contributed by atoms with E-state index in [-0.39, 0.29) is 18.1 Å². The Morgan fingerprint density at radius 1 is 1.45 bits per heavy atom. The highest BCUT2D eigenvalue weighted by atomic mass is 32.1. The number of nitrogens with one attached hydrogen (secondary N) is 2. The molecule has 3 N–H and O–H groups in total. The first kappa shape index (κ1) is 15.3. The van der Waals surface area contributed by atoms with Crippen LogP contribution in [0.2, 0.25) is 0 Å². The standard InChI is InChI=1S/C14H23N3O2S/c1-3-11-10(2)20-12(17-11)4-7-15-13(19)16-8-14(9-18)5-6-14/h18H,3-9H2,1-2H3,(H2,15,16,19). The number of aromatic nitrogens is 1. The van der Waals surface area contributed by atoms with Crippen LogP contribution in [0.3, 0.4) is 0 Å². The van der Waals surface area contributed by atoms with E-state index in [2.05, 4.69) is 29.5 Å². The molecule has 1 saturated carbocycles. The maximum absolute atomic E-state index is 11.6. The molecular weight excluding hydrogens is 274 g/mol. The van der Waals surface area contributed by atoms with E-state index in [1.54, 1.807) is 11.3 Å². The average molecular weight is 297 g/mol. The lowest BCUT2D eigenvalue weighted by Gasteiger charge is -2.13. The lowest BCUT2D eigenvalue weighted by Crippen LogP contribution is -2.40. The first-order chi connectivity index (χ1) is 9.58. The van der Waals surface area contributed by atoms with Gasteiger partial charge in [0.15, 0.2) is 0 Å². The molecule has 2 amide bonds. The van der Waals surface area contributed by atoms with E-state index in [0.717, 1.165) is 36.4 Å². The molecule has 0 spiro atoms. The van der Waals surface area contributed by atoms with Crippen molar-refractivity contribution in [2.75, 3.05) is 19.7 Å². The summed E-state index contributed by atoms with van der Waals surface area (Å²) < 4.78 is 0. The fourth-order valence-electron chi connectivity index (χ4n) is 2.10. The number of hydrogen-bond donors (Lipinski definition) is 3. The molecule has 1 aliphatic carbocycles. The number of aryl methyl sites for hydroxylation is 2. The lowest BCUT2D eigenvalue weighted by molar-refractivity contribution is 0.203. The summed E-state index contributed by atoms with van der Waals surface area (Å²) in [6.45, 7) is 5.50. The molecule has 0 radical (unpaired) electrons. The van der Waals surface area contributed by atoms with Gasteiger partial charge in [-0.25, -0.2) is 9.78 Å². The van der Waals surface area contributed by atoms with Crippen molar-refractivity contribution in [1.29, 1.82) is 0 Å². The Hall–Kier alpha value is -1.14. The Labute approximate surface area is 123 Å². The largest absolute Gasteiger partial charge is 0.396 e. The first-order valence-corrected chi connectivity index (χ1v) is 7.98. The molecule has 1 fully saturated rings. The summed E-state index contributed by atoms with van der Waals surface area (Å²) in [6, 6.07) is -0.159. The zero-order valence-electron chi connectivity index (χ0n) is 12.2. The summed E-state index contributed by atoms with van der Waals surface area (Å²) in [5.41, 5.74) is 1.12. The van der Waals surface area contributed by atoms with E-state index >= 15 is 0 Å². The van der Waals surface area contributed by atoms with Crippen molar-refractivity contribution in [3.8, 4) is 0 Å². The SMILES string of the molecule is CCc1nc(CCNC(=O)NCC2(CO)CC2)sc1C. The second-order valence-electron chi connectivity index (χ2n) is 5.48. The Kier molecular flexibility index (Phi) is 4.99. The van der Waals surface area contributed by atoms with Crippen LogP contribution in [0, 0.1) is 12.3 Å². The lowest BCUT2D eigenvalue weighted by atomic mass is 10.1. The van der Waals surface area contributed by atoms with Gasteiger partial charge in [-0.3, -0.25) is 0 Å². The van der Waals surface area contributed by atoms with Gasteiger partial charge in [-0.05, 0) is 26.2 Å². The van der Waals surface area contributed by atoms with Gasteiger partial charge in [0.25, 0.3) is 0 Å². The molecule has 1 aromatic heterocycles. The van der Waals surface area contributed by atoms with Crippen LogP contribution < -0.4 is 10.6 Å². The Morgan fingerprint density at radius 3 is 2.75 bits per heavy atom. The molecule has 0 aliphatic heterocycles. The van der Waals surface area contributed by atoms with Gasteiger partial charge in [0.2, 0.25) is 0 Å². The van der Waals surface area contributed by atoms with Gasteiger partial charge in [0.1, 0.15) is 0 Å². The molecule has 6 heteroatoms. The van der Waals surface area contributed by atoms with E-state index in [0.29, 0.717) is 13.1 Å². The van der Waals surface area contributed by atoms with E-state index in [4.69, 9.17) is 5.11 Å². The number of aliphatic hydroxyl groups is 1. The van der Waals surface area contributed by atoms with E-state index in [1.807, 2.05) is 0 Å². The maximum atomic E-state index is 11.6. The Bertz CT molecular complexity index is 469. The normalized spacial score (nSPS) is 15.9. The van der Waals surface area contributed by atoms with Crippen molar-refractivity contribution < 1.29 is 9.90 Å². The van der Waals surface area contributed by atoms with Crippen molar-refractivity contribution in [3.05, 3.63) is 15.6 Å². The minimum absolute atomic E-state index is 0.0419. The third-order valence-electron chi connectivity index (χ3n) is 3.81. The van der Waals surface area contributed by atoms with Crippen LogP contribution in [0.1, 0.15) is 35.3 Å². The molecule has 0 saturated heterocycles.